The fraction of sp³-hybridized carbons (Fsp3) is 0.600. The number of hydrogen-bond acceptors (Lipinski definition) is 4. The van der Waals surface area contributed by atoms with E-state index >= 15 is 0 Å². The van der Waals surface area contributed by atoms with Crippen molar-refractivity contribution < 1.29 is 4.79 Å². The number of rotatable bonds is 4. The van der Waals surface area contributed by atoms with Gasteiger partial charge in [0.25, 0.3) is 5.91 Å². The standard InChI is InChI=1S/C25H34N6O/c1-15(2)23-19(13-26-28-23)25(32)30-10-6-5-7-21(30)20-12-22-27-24(17(4)14-31(22)29-20)18-9-8-16(3)11-18/h12-16,18,21H,5-11H2,1-4H3,(H,26,28)/t16-,18?,21-/m0/s1. The number of nitrogens with one attached hydrogen (secondary N) is 1. The van der Waals surface area contributed by atoms with Gasteiger partial charge in [0.2, 0.25) is 0 Å². The molecule has 0 spiro atoms. The number of piperidine rings is 1. The number of aromatic nitrogens is 5. The van der Waals surface area contributed by atoms with Crippen molar-refractivity contribution in [2.75, 3.05) is 6.54 Å². The fourth-order valence-electron chi connectivity index (χ4n) is 5.62. The summed E-state index contributed by atoms with van der Waals surface area (Å²) in [4.78, 5) is 20.6. The molecule has 0 radical (unpaired) electrons. The molecule has 3 atom stereocenters. The molecule has 2 fully saturated rings. The van der Waals surface area contributed by atoms with Gasteiger partial charge in [-0.3, -0.25) is 9.89 Å². The third-order valence-corrected chi connectivity index (χ3v) is 7.32. The van der Waals surface area contributed by atoms with Crippen LogP contribution < -0.4 is 0 Å². The van der Waals surface area contributed by atoms with E-state index in [2.05, 4.69) is 50.2 Å². The van der Waals surface area contributed by atoms with E-state index in [9.17, 15) is 4.79 Å². The Bertz CT molecular complexity index is 1130. The zero-order valence-corrected chi connectivity index (χ0v) is 19.6. The molecule has 32 heavy (non-hydrogen) atoms. The van der Waals surface area contributed by atoms with E-state index in [-0.39, 0.29) is 17.9 Å². The van der Waals surface area contributed by atoms with Gasteiger partial charge < -0.3 is 4.90 Å². The van der Waals surface area contributed by atoms with Gasteiger partial charge in [-0.05, 0) is 56.4 Å². The van der Waals surface area contributed by atoms with Crippen LogP contribution >= 0.6 is 0 Å². The SMILES string of the molecule is Cc1cn2nc([C@@H]3CCCCN3C(=O)c3c[nH]nc3C(C)C)cc2nc1C1CC[C@H](C)C1. The topological polar surface area (TPSA) is 79.2 Å². The first kappa shape index (κ1) is 21.2. The summed E-state index contributed by atoms with van der Waals surface area (Å²) >= 11 is 0. The van der Waals surface area contributed by atoms with Crippen LogP contribution in [-0.4, -0.2) is 42.1 Å². The molecule has 2 aliphatic rings. The molecule has 170 valence electrons. The minimum absolute atomic E-state index is 0.0249. The summed E-state index contributed by atoms with van der Waals surface area (Å²) in [6, 6.07) is 2.07. The summed E-state index contributed by atoms with van der Waals surface area (Å²) < 4.78 is 1.90. The van der Waals surface area contributed by atoms with Gasteiger partial charge in [0.05, 0.1) is 28.7 Å². The van der Waals surface area contributed by atoms with Gasteiger partial charge in [-0.1, -0.05) is 27.2 Å². The van der Waals surface area contributed by atoms with Crippen LogP contribution in [0.3, 0.4) is 0 Å². The van der Waals surface area contributed by atoms with Crippen molar-refractivity contribution >= 4 is 11.6 Å². The number of likely N-dealkylation sites (tertiary alicyclic amines) is 1. The first-order valence-electron chi connectivity index (χ1n) is 12.1. The summed E-state index contributed by atoms with van der Waals surface area (Å²) in [5, 5.41) is 12.1. The van der Waals surface area contributed by atoms with Crippen LogP contribution in [-0.2, 0) is 0 Å². The third kappa shape index (κ3) is 3.71. The number of fused-ring (bicyclic) bond motifs is 1. The number of carbonyl (C=O) groups is 1. The van der Waals surface area contributed by atoms with Crippen molar-refractivity contribution in [3.05, 3.63) is 46.7 Å². The summed E-state index contributed by atoms with van der Waals surface area (Å²) in [5.74, 6) is 1.58. The lowest BCUT2D eigenvalue weighted by molar-refractivity contribution is 0.0604. The van der Waals surface area contributed by atoms with Crippen LogP contribution in [0, 0.1) is 12.8 Å². The van der Waals surface area contributed by atoms with Crippen molar-refractivity contribution in [2.45, 2.75) is 84.1 Å². The molecule has 0 aromatic carbocycles. The molecule has 1 unspecified atom stereocenters. The molecule has 4 heterocycles. The summed E-state index contributed by atoms with van der Waals surface area (Å²) in [7, 11) is 0. The van der Waals surface area contributed by atoms with E-state index in [0.29, 0.717) is 11.5 Å². The first-order chi connectivity index (χ1) is 15.4. The van der Waals surface area contributed by atoms with E-state index in [4.69, 9.17) is 10.1 Å². The second-order valence-corrected chi connectivity index (χ2v) is 10.1. The highest BCUT2D eigenvalue weighted by Crippen LogP contribution is 2.39. The maximum Gasteiger partial charge on any atom is 0.257 e. The van der Waals surface area contributed by atoms with Crippen molar-refractivity contribution in [3.63, 3.8) is 0 Å². The van der Waals surface area contributed by atoms with Gasteiger partial charge in [-0.15, -0.1) is 0 Å². The molecule has 7 nitrogen and oxygen atoms in total. The summed E-state index contributed by atoms with van der Waals surface area (Å²) in [6.07, 6.45) is 10.6. The second kappa shape index (κ2) is 8.34. The number of carbonyl (C=O) groups excluding carboxylic acids is 1. The van der Waals surface area contributed by atoms with Crippen LogP contribution in [0.1, 0.15) is 110 Å². The van der Waals surface area contributed by atoms with Gasteiger partial charge in [-0.2, -0.15) is 10.2 Å². The Hall–Kier alpha value is -2.70. The van der Waals surface area contributed by atoms with Crippen LogP contribution in [0.15, 0.2) is 18.5 Å². The van der Waals surface area contributed by atoms with Crippen molar-refractivity contribution in [1.29, 1.82) is 0 Å². The highest BCUT2D eigenvalue weighted by atomic mass is 16.2. The first-order valence-corrected chi connectivity index (χ1v) is 12.1. The number of aromatic amines is 1. The molecule has 5 rings (SSSR count). The maximum absolute atomic E-state index is 13.5. The lowest BCUT2D eigenvalue weighted by Gasteiger charge is -2.34. The molecule has 1 saturated carbocycles. The minimum Gasteiger partial charge on any atom is -0.330 e. The van der Waals surface area contributed by atoms with Crippen LogP contribution in [0.2, 0.25) is 0 Å². The van der Waals surface area contributed by atoms with E-state index in [0.717, 1.165) is 48.8 Å². The minimum atomic E-state index is -0.0249. The second-order valence-electron chi connectivity index (χ2n) is 10.1. The van der Waals surface area contributed by atoms with Gasteiger partial charge in [-0.25, -0.2) is 9.50 Å². The molecule has 0 bridgehead atoms. The lowest BCUT2D eigenvalue weighted by atomic mass is 9.97. The molecule has 7 heteroatoms. The van der Waals surface area contributed by atoms with Gasteiger partial charge in [0.1, 0.15) is 0 Å². The number of aryl methyl sites for hydroxylation is 1. The number of amides is 1. The Balaban J connectivity index is 1.47. The number of nitrogens with zero attached hydrogens (tertiary/aromatic N) is 5. The Kier molecular flexibility index (Phi) is 5.51. The summed E-state index contributed by atoms with van der Waals surface area (Å²) in [6.45, 7) is 9.37. The lowest BCUT2D eigenvalue weighted by Crippen LogP contribution is -2.39. The Morgan fingerprint density at radius 2 is 2.06 bits per heavy atom. The van der Waals surface area contributed by atoms with Crippen molar-refractivity contribution in [1.82, 2.24) is 29.7 Å². The highest BCUT2D eigenvalue weighted by molar-refractivity contribution is 5.95. The van der Waals surface area contributed by atoms with Crippen LogP contribution in [0.5, 0.6) is 0 Å². The quantitative estimate of drug-likeness (QED) is 0.615. The normalized spacial score (nSPS) is 24.0. The molecule has 1 aliphatic heterocycles. The largest absolute Gasteiger partial charge is 0.330 e. The Labute approximate surface area is 189 Å². The zero-order valence-electron chi connectivity index (χ0n) is 19.6. The predicted octanol–water partition coefficient (Wildman–Crippen LogP) is 5.16. The van der Waals surface area contributed by atoms with Gasteiger partial charge >= 0.3 is 0 Å². The zero-order chi connectivity index (χ0) is 22.4. The van der Waals surface area contributed by atoms with Crippen molar-refractivity contribution in [2.24, 2.45) is 5.92 Å². The van der Waals surface area contributed by atoms with E-state index in [1.165, 1.54) is 30.5 Å². The average Bonchev–Trinajstić information content (AvgIpc) is 3.51. The molecule has 1 amide bonds. The predicted molar refractivity (Wildman–Crippen MR) is 124 cm³/mol. The van der Waals surface area contributed by atoms with Gasteiger partial charge in [0, 0.05) is 30.9 Å². The number of H-pyrrole nitrogens is 1. The van der Waals surface area contributed by atoms with E-state index in [1.54, 1.807) is 6.20 Å². The van der Waals surface area contributed by atoms with E-state index < -0.39 is 0 Å². The maximum atomic E-state index is 13.5. The molecular weight excluding hydrogens is 400 g/mol. The molecule has 1 saturated heterocycles. The molecule has 1 N–H and O–H groups in total. The van der Waals surface area contributed by atoms with Crippen LogP contribution in [0.25, 0.3) is 5.65 Å². The van der Waals surface area contributed by atoms with Crippen LogP contribution in [0.4, 0.5) is 0 Å². The highest BCUT2D eigenvalue weighted by Gasteiger charge is 2.33. The Morgan fingerprint density at radius 1 is 1.22 bits per heavy atom. The third-order valence-electron chi connectivity index (χ3n) is 7.32. The fourth-order valence-corrected chi connectivity index (χ4v) is 5.62. The average molecular weight is 435 g/mol. The molecular formula is C25H34N6O. The Morgan fingerprint density at radius 3 is 2.81 bits per heavy atom. The molecule has 3 aromatic heterocycles. The molecule has 1 aliphatic carbocycles. The van der Waals surface area contributed by atoms with Crippen molar-refractivity contribution in [3.8, 4) is 0 Å². The van der Waals surface area contributed by atoms with Gasteiger partial charge in [0.15, 0.2) is 5.65 Å². The summed E-state index contributed by atoms with van der Waals surface area (Å²) in [5.41, 5.74) is 5.79. The smallest absolute Gasteiger partial charge is 0.257 e. The number of hydrogen-bond donors (Lipinski definition) is 1. The monoisotopic (exact) mass is 434 g/mol. The van der Waals surface area contributed by atoms with E-state index in [1.807, 2.05) is 9.42 Å². The molecule has 3 aromatic rings.